The Morgan fingerprint density at radius 2 is 1.75 bits per heavy atom. The SMILES string of the molecule is CN1CCN(C(=O)N2CC3(C2)CN(c2ccc(F)cn2)C3)c2ccc(F)cc21. The fourth-order valence-corrected chi connectivity index (χ4v) is 4.47. The molecule has 28 heavy (non-hydrogen) atoms. The number of likely N-dealkylation sites (N-methyl/N-ethyl adjacent to an activating group) is 1. The second-order valence-corrected chi connectivity index (χ2v) is 8.04. The summed E-state index contributed by atoms with van der Waals surface area (Å²) in [7, 11) is 1.91. The van der Waals surface area contributed by atoms with Gasteiger partial charge in [-0.15, -0.1) is 0 Å². The summed E-state index contributed by atoms with van der Waals surface area (Å²) in [6, 6.07) is 7.63. The molecule has 5 rings (SSSR count). The molecule has 2 amide bonds. The molecular formula is C20H21F2N5O. The van der Waals surface area contributed by atoms with Gasteiger partial charge in [0, 0.05) is 51.7 Å². The van der Waals surface area contributed by atoms with Crippen LogP contribution in [0.25, 0.3) is 0 Å². The van der Waals surface area contributed by atoms with Gasteiger partial charge < -0.3 is 14.7 Å². The molecule has 0 aliphatic carbocycles. The predicted molar refractivity (Wildman–Crippen MR) is 103 cm³/mol. The predicted octanol–water partition coefficient (Wildman–Crippen LogP) is 2.56. The van der Waals surface area contributed by atoms with Crippen LogP contribution in [0.5, 0.6) is 0 Å². The Morgan fingerprint density at radius 1 is 1.00 bits per heavy atom. The second kappa shape index (κ2) is 6.05. The third-order valence-corrected chi connectivity index (χ3v) is 5.94. The standard InChI is InChI=1S/C20H21F2N5O/c1-24-6-7-27(16-4-2-14(21)8-17(16)24)19(28)26-12-20(13-26)10-25(11-20)18-5-3-15(22)9-23-18/h2-5,8-9H,6-7,10-13H2,1H3. The lowest BCUT2D eigenvalue weighted by atomic mass is 9.73. The smallest absolute Gasteiger partial charge is 0.324 e. The fourth-order valence-electron chi connectivity index (χ4n) is 4.47. The normalized spacial score (nSPS) is 20.0. The van der Waals surface area contributed by atoms with Crippen molar-refractivity contribution in [3.8, 4) is 0 Å². The minimum absolute atomic E-state index is 0.0232. The number of pyridine rings is 1. The van der Waals surface area contributed by atoms with Crippen LogP contribution in [0.4, 0.5) is 30.8 Å². The zero-order valence-corrected chi connectivity index (χ0v) is 15.6. The van der Waals surface area contributed by atoms with Crippen molar-refractivity contribution >= 4 is 23.2 Å². The molecule has 0 atom stereocenters. The van der Waals surface area contributed by atoms with Gasteiger partial charge in [-0.05, 0) is 30.3 Å². The van der Waals surface area contributed by atoms with Gasteiger partial charge in [-0.3, -0.25) is 4.90 Å². The summed E-state index contributed by atoms with van der Waals surface area (Å²) >= 11 is 0. The van der Waals surface area contributed by atoms with Gasteiger partial charge in [-0.2, -0.15) is 0 Å². The van der Waals surface area contributed by atoms with Crippen molar-refractivity contribution in [2.24, 2.45) is 5.41 Å². The minimum Gasteiger partial charge on any atom is -0.371 e. The Labute approximate surface area is 162 Å². The summed E-state index contributed by atoms with van der Waals surface area (Å²) in [6.07, 6.45) is 1.23. The zero-order valence-electron chi connectivity index (χ0n) is 15.6. The highest BCUT2D eigenvalue weighted by Gasteiger charge is 2.54. The second-order valence-electron chi connectivity index (χ2n) is 8.04. The quantitative estimate of drug-likeness (QED) is 0.757. The summed E-state index contributed by atoms with van der Waals surface area (Å²) in [5, 5.41) is 0. The highest BCUT2D eigenvalue weighted by Crippen LogP contribution is 2.43. The number of carbonyl (C=O) groups excluding carboxylic acids is 1. The van der Waals surface area contributed by atoms with E-state index in [1.54, 1.807) is 17.0 Å². The van der Waals surface area contributed by atoms with E-state index in [0.717, 1.165) is 30.3 Å². The number of halogens is 2. The Morgan fingerprint density at radius 3 is 2.46 bits per heavy atom. The first-order valence-electron chi connectivity index (χ1n) is 9.38. The van der Waals surface area contributed by atoms with Crippen LogP contribution in [0.1, 0.15) is 0 Å². The van der Waals surface area contributed by atoms with Crippen LogP contribution >= 0.6 is 0 Å². The maximum Gasteiger partial charge on any atom is 0.324 e. The van der Waals surface area contributed by atoms with Gasteiger partial charge in [0.05, 0.1) is 17.6 Å². The lowest BCUT2D eigenvalue weighted by Gasteiger charge is -2.61. The number of likely N-dealkylation sites (tertiary alicyclic amines) is 1. The number of anilines is 3. The van der Waals surface area contributed by atoms with Crippen molar-refractivity contribution in [2.45, 2.75) is 0 Å². The number of amides is 2. The maximum absolute atomic E-state index is 13.6. The summed E-state index contributed by atoms with van der Waals surface area (Å²) in [6.45, 7) is 4.30. The average Bonchev–Trinajstić information content (AvgIpc) is 2.61. The number of hydrogen-bond acceptors (Lipinski definition) is 4. The Bertz CT molecular complexity index is 921. The molecule has 3 aliphatic heterocycles. The van der Waals surface area contributed by atoms with Gasteiger partial charge in [-0.25, -0.2) is 18.6 Å². The van der Waals surface area contributed by atoms with Crippen molar-refractivity contribution in [1.29, 1.82) is 0 Å². The van der Waals surface area contributed by atoms with E-state index in [2.05, 4.69) is 9.88 Å². The fraction of sp³-hybridized carbons (Fsp3) is 0.400. The molecule has 1 aromatic carbocycles. The molecule has 4 heterocycles. The van der Waals surface area contributed by atoms with Crippen LogP contribution < -0.4 is 14.7 Å². The highest BCUT2D eigenvalue weighted by molar-refractivity contribution is 5.97. The monoisotopic (exact) mass is 385 g/mol. The number of hydrogen-bond donors (Lipinski definition) is 0. The van der Waals surface area contributed by atoms with Crippen LogP contribution in [0.15, 0.2) is 36.5 Å². The van der Waals surface area contributed by atoms with Crippen molar-refractivity contribution in [1.82, 2.24) is 9.88 Å². The first kappa shape index (κ1) is 17.2. The molecule has 0 bridgehead atoms. The molecule has 0 unspecified atom stereocenters. The molecule has 2 aromatic rings. The Kier molecular flexibility index (Phi) is 3.72. The van der Waals surface area contributed by atoms with E-state index in [4.69, 9.17) is 0 Å². The lowest BCUT2D eigenvalue weighted by Crippen LogP contribution is -2.74. The van der Waals surface area contributed by atoms with Crippen LogP contribution in [0.3, 0.4) is 0 Å². The van der Waals surface area contributed by atoms with E-state index in [9.17, 15) is 13.6 Å². The molecule has 2 fully saturated rings. The molecule has 1 aromatic heterocycles. The van der Waals surface area contributed by atoms with Gasteiger partial charge in [0.15, 0.2) is 0 Å². The number of carbonyl (C=O) groups is 1. The number of rotatable bonds is 1. The first-order chi connectivity index (χ1) is 13.4. The van der Waals surface area contributed by atoms with E-state index < -0.39 is 0 Å². The van der Waals surface area contributed by atoms with Gasteiger partial charge in [0.25, 0.3) is 0 Å². The van der Waals surface area contributed by atoms with Crippen LogP contribution in [0.2, 0.25) is 0 Å². The molecule has 6 nitrogen and oxygen atoms in total. The first-order valence-corrected chi connectivity index (χ1v) is 9.38. The van der Waals surface area contributed by atoms with E-state index in [0.29, 0.717) is 26.2 Å². The topological polar surface area (TPSA) is 42.9 Å². The van der Waals surface area contributed by atoms with Crippen LogP contribution in [-0.4, -0.2) is 62.2 Å². The molecule has 0 N–H and O–H groups in total. The molecular weight excluding hydrogens is 364 g/mol. The van der Waals surface area contributed by atoms with Crippen molar-refractivity contribution in [3.05, 3.63) is 48.2 Å². The van der Waals surface area contributed by atoms with Crippen LogP contribution in [0, 0.1) is 17.0 Å². The van der Waals surface area contributed by atoms with Gasteiger partial charge >= 0.3 is 6.03 Å². The zero-order chi connectivity index (χ0) is 19.5. The number of nitrogens with zero attached hydrogens (tertiary/aromatic N) is 5. The molecule has 0 radical (unpaired) electrons. The minimum atomic E-state index is -0.341. The van der Waals surface area contributed by atoms with Crippen molar-refractivity contribution in [3.63, 3.8) is 0 Å². The number of benzene rings is 1. The van der Waals surface area contributed by atoms with Gasteiger partial charge in [-0.1, -0.05) is 0 Å². The summed E-state index contributed by atoms with van der Waals surface area (Å²) in [4.78, 5) is 24.8. The maximum atomic E-state index is 13.6. The summed E-state index contributed by atoms with van der Waals surface area (Å²) < 4.78 is 26.6. The largest absolute Gasteiger partial charge is 0.371 e. The Hall–Kier alpha value is -2.90. The third kappa shape index (κ3) is 2.66. The van der Waals surface area contributed by atoms with E-state index >= 15 is 0 Å². The molecule has 146 valence electrons. The average molecular weight is 385 g/mol. The Balaban J connectivity index is 1.24. The van der Waals surface area contributed by atoms with Gasteiger partial charge in [0.2, 0.25) is 0 Å². The lowest BCUT2D eigenvalue weighted by molar-refractivity contribution is 0.00965. The molecule has 1 spiro atoms. The van der Waals surface area contributed by atoms with E-state index in [1.807, 2.05) is 16.8 Å². The van der Waals surface area contributed by atoms with E-state index in [1.165, 1.54) is 24.4 Å². The molecule has 2 saturated heterocycles. The summed E-state index contributed by atoms with van der Waals surface area (Å²) in [5.74, 6) is 0.130. The number of aromatic nitrogens is 1. The van der Waals surface area contributed by atoms with Crippen LogP contribution in [-0.2, 0) is 0 Å². The number of urea groups is 1. The molecule has 0 saturated carbocycles. The van der Waals surface area contributed by atoms with Crippen molar-refractivity contribution < 1.29 is 13.6 Å². The number of fused-ring (bicyclic) bond motifs is 1. The van der Waals surface area contributed by atoms with E-state index in [-0.39, 0.29) is 23.1 Å². The van der Waals surface area contributed by atoms with Gasteiger partial charge in [0.1, 0.15) is 17.5 Å². The molecule has 3 aliphatic rings. The third-order valence-electron chi connectivity index (χ3n) is 5.94. The van der Waals surface area contributed by atoms with Crippen molar-refractivity contribution in [2.75, 3.05) is 61.0 Å². The highest BCUT2D eigenvalue weighted by atomic mass is 19.1. The molecule has 8 heteroatoms. The summed E-state index contributed by atoms with van der Waals surface area (Å²) in [5.41, 5.74) is 1.60.